The Kier molecular flexibility index (Phi) is 3.47. The minimum atomic E-state index is -0.164. The quantitative estimate of drug-likeness (QED) is 0.915. The minimum Gasteiger partial charge on any atom is -0.328 e. The molecule has 2 aromatic rings. The lowest BCUT2D eigenvalue weighted by molar-refractivity contribution is 0.130. The van der Waals surface area contributed by atoms with Gasteiger partial charge in [-0.2, -0.15) is 0 Å². The fourth-order valence-electron chi connectivity index (χ4n) is 5.52. The lowest BCUT2D eigenvalue weighted by Crippen LogP contribution is -2.48. The van der Waals surface area contributed by atoms with Crippen molar-refractivity contribution in [1.29, 1.82) is 0 Å². The summed E-state index contributed by atoms with van der Waals surface area (Å²) in [4.78, 5) is 15.1. The molecule has 4 aliphatic rings. The molecular weight excluding hydrogens is 314 g/mol. The van der Waals surface area contributed by atoms with Crippen molar-refractivity contribution in [3.05, 3.63) is 30.2 Å². The first-order valence-corrected chi connectivity index (χ1v) is 9.54. The number of carbonyl (C=O) groups is 1. The van der Waals surface area contributed by atoms with Gasteiger partial charge in [-0.1, -0.05) is 6.07 Å². The van der Waals surface area contributed by atoms with E-state index in [4.69, 9.17) is 0 Å². The standard InChI is InChI=1S/C19H25N5O/c1-12(18-22-21-17-4-2-3-5-23(17)18)20-19(25)24-11-15-7-13-6-14(8-15)10-16(24)9-13/h2-5,12-16H,6-11H2,1H3,(H,20,25). The summed E-state index contributed by atoms with van der Waals surface area (Å²) in [5, 5.41) is 11.6. The number of pyridine rings is 1. The summed E-state index contributed by atoms with van der Waals surface area (Å²) in [6, 6.07) is 6.16. The van der Waals surface area contributed by atoms with Gasteiger partial charge in [0.25, 0.3) is 0 Å². The van der Waals surface area contributed by atoms with Gasteiger partial charge in [-0.05, 0) is 68.9 Å². The van der Waals surface area contributed by atoms with Gasteiger partial charge in [0.15, 0.2) is 11.5 Å². The molecule has 2 amide bonds. The molecule has 6 nitrogen and oxygen atoms in total. The van der Waals surface area contributed by atoms with E-state index in [-0.39, 0.29) is 12.1 Å². The van der Waals surface area contributed by atoms with Crippen LogP contribution in [0.3, 0.4) is 0 Å². The van der Waals surface area contributed by atoms with Gasteiger partial charge < -0.3 is 10.2 Å². The maximum atomic E-state index is 13.0. The normalized spacial score (nSPS) is 32.0. The number of rotatable bonds is 2. The Balaban J connectivity index is 1.34. The van der Waals surface area contributed by atoms with Gasteiger partial charge in [0.1, 0.15) is 0 Å². The summed E-state index contributed by atoms with van der Waals surface area (Å²) in [5.41, 5.74) is 0.810. The number of hydrogen-bond acceptors (Lipinski definition) is 3. The molecule has 0 spiro atoms. The van der Waals surface area contributed by atoms with Crippen LogP contribution in [0, 0.1) is 17.8 Å². The van der Waals surface area contributed by atoms with E-state index in [2.05, 4.69) is 20.4 Å². The predicted molar refractivity (Wildman–Crippen MR) is 94.0 cm³/mol. The highest BCUT2D eigenvalue weighted by Gasteiger charge is 2.44. The number of nitrogens with one attached hydrogen (secondary N) is 1. The van der Waals surface area contributed by atoms with Gasteiger partial charge in [-0.3, -0.25) is 4.40 Å². The molecule has 4 fully saturated rings. The Hall–Kier alpha value is -2.11. The van der Waals surface area contributed by atoms with E-state index in [0.717, 1.165) is 29.9 Å². The second-order valence-corrected chi connectivity index (χ2v) is 8.24. The Bertz CT molecular complexity index is 788. The fourth-order valence-corrected chi connectivity index (χ4v) is 5.52. The van der Waals surface area contributed by atoms with Crippen molar-refractivity contribution < 1.29 is 4.79 Å². The number of hydrogen-bond donors (Lipinski definition) is 1. The number of fused-ring (bicyclic) bond motifs is 2. The zero-order valence-corrected chi connectivity index (χ0v) is 14.6. The SMILES string of the molecule is CC(NC(=O)N1CC2CC3CC(C2)CC1C3)c1nnc2ccccn12. The largest absolute Gasteiger partial charge is 0.328 e. The topological polar surface area (TPSA) is 62.5 Å². The zero-order valence-electron chi connectivity index (χ0n) is 14.6. The second-order valence-electron chi connectivity index (χ2n) is 8.24. The van der Waals surface area contributed by atoms with Crippen LogP contribution >= 0.6 is 0 Å². The van der Waals surface area contributed by atoms with E-state index < -0.39 is 0 Å². The highest BCUT2D eigenvalue weighted by Crippen LogP contribution is 2.47. The maximum absolute atomic E-state index is 13.0. The monoisotopic (exact) mass is 339 g/mol. The molecule has 4 heterocycles. The number of nitrogens with zero attached hydrogens (tertiary/aromatic N) is 4. The third-order valence-corrected chi connectivity index (χ3v) is 6.43. The molecule has 2 aliphatic heterocycles. The minimum absolute atomic E-state index is 0.0679. The Morgan fingerprint density at radius 3 is 2.68 bits per heavy atom. The summed E-state index contributed by atoms with van der Waals surface area (Å²) < 4.78 is 1.95. The van der Waals surface area contributed by atoms with Gasteiger partial charge in [-0.15, -0.1) is 10.2 Å². The summed E-state index contributed by atoms with van der Waals surface area (Å²) >= 11 is 0. The molecule has 0 radical (unpaired) electrons. The lowest BCUT2D eigenvalue weighted by Gasteiger charge is -2.39. The maximum Gasteiger partial charge on any atom is 0.318 e. The van der Waals surface area contributed by atoms with Gasteiger partial charge in [0.05, 0.1) is 6.04 Å². The van der Waals surface area contributed by atoms with E-state index in [1.807, 2.05) is 35.7 Å². The van der Waals surface area contributed by atoms with Crippen molar-refractivity contribution in [2.45, 2.75) is 51.1 Å². The highest BCUT2D eigenvalue weighted by atomic mass is 16.2. The predicted octanol–water partition coefficient (Wildman–Crippen LogP) is 3.01. The van der Waals surface area contributed by atoms with Crippen LogP contribution in [0.2, 0.25) is 0 Å². The van der Waals surface area contributed by atoms with Gasteiger partial charge in [-0.25, -0.2) is 4.79 Å². The van der Waals surface area contributed by atoms with E-state index in [9.17, 15) is 4.79 Å². The van der Waals surface area contributed by atoms with E-state index in [1.165, 1.54) is 32.1 Å². The first-order chi connectivity index (χ1) is 12.2. The first-order valence-electron chi connectivity index (χ1n) is 9.54. The molecule has 2 saturated heterocycles. The fraction of sp³-hybridized carbons (Fsp3) is 0.632. The highest BCUT2D eigenvalue weighted by molar-refractivity contribution is 5.75. The molecule has 4 bridgehead atoms. The lowest BCUT2D eigenvalue weighted by atomic mass is 9.68. The molecule has 3 unspecified atom stereocenters. The van der Waals surface area contributed by atoms with Crippen molar-refractivity contribution >= 4 is 11.7 Å². The summed E-state index contributed by atoms with van der Waals surface area (Å²) in [7, 11) is 0. The molecule has 2 saturated carbocycles. The van der Waals surface area contributed by atoms with Crippen molar-refractivity contribution in [1.82, 2.24) is 24.8 Å². The third-order valence-electron chi connectivity index (χ3n) is 6.43. The molecule has 6 heteroatoms. The van der Waals surface area contributed by atoms with Gasteiger partial charge in [0.2, 0.25) is 0 Å². The summed E-state index contributed by atoms with van der Waals surface area (Å²) in [5.74, 6) is 3.17. The van der Waals surface area contributed by atoms with Crippen LogP contribution in [0.25, 0.3) is 5.65 Å². The van der Waals surface area contributed by atoms with E-state index in [0.29, 0.717) is 12.0 Å². The van der Waals surface area contributed by atoms with Crippen LogP contribution in [0.15, 0.2) is 24.4 Å². The molecule has 25 heavy (non-hydrogen) atoms. The van der Waals surface area contributed by atoms with Crippen LogP contribution < -0.4 is 5.32 Å². The van der Waals surface area contributed by atoms with E-state index in [1.54, 1.807) is 0 Å². The van der Waals surface area contributed by atoms with Crippen molar-refractivity contribution in [2.75, 3.05) is 6.54 Å². The van der Waals surface area contributed by atoms with Crippen LogP contribution in [0.4, 0.5) is 4.79 Å². The molecule has 2 aromatic heterocycles. The molecule has 6 rings (SSSR count). The Labute approximate surface area is 147 Å². The summed E-state index contributed by atoms with van der Waals surface area (Å²) in [6.45, 7) is 2.92. The van der Waals surface area contributed by atoms with Crippen molar-refractivity contribution in [3.63, 3.8) is 0 Å². The Morgan fingerprint density at radius 1 is 1.12 bits per heavy atom. The van der Waals surface area contributed by atoms with Crippen molar-refractivity contribution in [3.8, 4) is 0 Å². The van der Waals surface area contributed by atoms with Crippen LogP contribution in [0.5, 0.6) is 0 Å². The molecule has 0 aromatic carbocycles. The van der Waals surface area contributed by atoms with Crippen LogP contribution in [-0.4, -0.2) is 38.1 Å². The zero-order chi connectivity index (χ0) is 17.0. The average molecular weight is 339 g/mol. The molecule has 1 N–H and O–H groups in total. The molecule has 3 atom stereocenters. The van der Waals surface area contributed by atoms with Crippen LogP contribution in [0.1, 0.15) is 50.9 Å². The third kappa shape index (κ3) is 2.58. The number of amides is 2. The molecule has 132 valence electrons. The number of urea groups is 1. The molecular formula is C19H25N5O. The van der Waals surface area contributed by atoms with Crippen LogP contribution in [-0.2, 0) is 0 Å². The number of aromatic nitrogens is 3. The molecule has 2 aliphatic carbocycles. The second kappa shape index (κ2) is 5.71. The summed E-state index contributed by atoms with van der Waals surface area (Å²) in [6.07, 6.45) is 8.37. The number of carbonyl (C=O) groups excluding carboxylic acids is 1. The van der Waals surface area contributed by atoms with E-state index >= 15 is 0 Å². The smallest absolute Gasteiger partial charge is 0.318 e. The van der Waals surface area contributed by atoms with Gasteiger partial charge in [0, 0.05) is 18.8 Å². The first kappa shape index (κ1) is 15.2. The van der Waals surface area contributed by atoms with Crippen molar-refractivity contribution in [2.24, 2.45) is 17.8 Å². The Morgan fingerprint density at radius 2 is 1.88 bits per heavy atom. The average Bonchev–Trinajstić information content (AvgIpc) is 2.92. The van der Waals surface area contributed by atoms with Gasteiger partial charge >= 0.3 is 6.03 Å².